The fraction of sp³-hybridized carbons (Fsp3) is 0.684. The normalized spacial score (nSPS) is 18.5. The van der Waals surface area contributed by atoms with Gasteiger partial charge in [-0.05, 0) is 29.4 Å². The zero-order valence-corrected chi connectivity index (χ0v) is 14.3. The van der Waals surface area contributed by atoms with Crippen LogP contribution in [0.25, 0.3) is 0 Å². The van der Waals surface area contributed by atoms with E-state index in [4.69, 9.17) is 0 Å². The lowest BCUT2D eigenvalue weighted by Gasteiger charge is -2.38. The topological polar surface area (TPSA) is 15.3 Å². The van der Waals surface area contributed by atoms with Crippen LogP contribution in [0, 0.1) is 5.41 Å². The zero-order chi connectivity index (χ0) is 15.3. The molecule has 1 aromatic carbocycles. The van der Waals surface area contributed by atoms with Crippen molar-refractivity contribution in [1.29, 1.82) is 0 Å². The van der Waals surface area contributed by atoms with Crippen LogP contribution in [-0.2, 0) is 13.0 Å². The average molecular weight is 288 g/mol. The van der Waals surface area contributed by atoms with Crippen LogP contribution in [0.4, 0.5) is 0 Å². The molecule has 1 heterocycles. The van der Waals surface area contributed by atoms with Crippen molar-refractivity contribution in [3.05, 3.63) is 35.4 Å². The molecule has 2 rings (SSSR count). The van der Waals surface area contributed by atoms with Gasteiger partial charge >= 0.3 is 0 Å². The lowest BCUT2D eigenvalue weighted by Crippen LogP contribution is -2.45. The Hall–Kier alpha value is -0.860. The molecule has 1 aliphatic heterocycles. The number of rotatable bonds is 7. The summed E-state index contributed by atoms with van der Waals surface area (Å²) in [4.78, 5) is 2.65. The first kappa shape index (κ1) is 16.5. The lowest BCUT2D eigenvalue weighted by molar-refractivity contribution is 0.136. The van der Waals surface area contributed by atoms with Gasteiger partial charge < -0.3 is 5.32 Å². The summed E-state index contributed by atoms with van der Waals surface area (Å²) < 4.78 is 0. The monoisotopic (exact) mass is 288 g/mol. The Morgan fingerprint density at radius 2 is 1.95 bits per heavy atom. The Morgan fingerprint density at radius 1 is 1.24 bits per heavy atom. The molecule has 2 heteroatoms. The van der Waals surface area contributed by atoms with Gasteiger partial charge in [-0.3, -0.25) is 4.90 Å². The number of hydrogen-bond acceptors (Lipinski definition) is 2. The molecule has 0 saturated heterocycles. The minimum atomic E-state index is 0.380. The molecule has 0 spiro atoms. The molecule has 1 unspecified atom stereocenters. The highest BCUT2D eigenvalue weighted by Gasteiger charge is 2.28. The molecule has 0 amide bonds. The smallest absolute Gasteiger partial charge is 0.0236 e. The van der Waals surface area contributed by atoms with E-state index in [9.17, 15) is 0 Å². The summed E-state index contributed by atoms with van der Waals surface area (Å²) in [7, 11) is 0. The predicted octanol–water partition coefficient (Wildman–Crippen LogP) is 3.85. The molecule has 118 valence electrons. The summed E-state index contributed by atoms with van der Waals surface area (Å²) in [6, 6.07) is 9.50. The SMILES string of the molecule is CCCC(C)(CNC(C)C)CN1CCc2ccccc2C1. The maximum absolute atomic E-state index is 3.65. The van der Waals surface area contributed by atoms with Crippen LogP contribution >= 0.6 is 0 Å². The second kappa shape index (κ2) is 7.42. The maximum atomic E-state index is 3.65. The van der Waals surface area contributed by atoms with Gasteiger partial charge in [0.25, 0.3) is 0 Å². The first-order valence-corrected chi connectivity index (χ1v) is 8.55. The first-order chi connectivity index (χ1) is 10.0. The Labute approximate surface area is 130 Å². The Balaban J connectivity index is 1.98. The van der Waals surface area contributed by atoms with Gasteiger partial charge in [-0.25, -0.2) is 0 Å². The van der Waals surface area contributed by atoms with Crippen molar-refractivity contribution in [2.24, 2.45) is 5.41 Å². The van der Waals surface area contributed by atoms with Crippen molar-refractivity contribution in [1.82, 2.24) is 10.2 Å². The van der Waals surface area contributed by atoms with Crippen LogP contribution in [0.15, 0.2) is 24.3 Å². The van der Waals surface area contributed by atoms with Gasteiger partial charge in [0.1, 0.15) is 0 Å². The van der Waals surface area contributed by atoms with Crippen molar-refractivity contribution in [3.63, 3.8) is 0 Å². The summed E-state index contributed by atoms with van der Waals surface area (Å²) in [5.74, 6) is 0. The van der Waals surface area contributed by atoms with E-state index in [1.54, 1.807) is 5.56 Å². The van der Waals surface area contributed by atoms with Gasteiger partial charge in [0, 0.05) is 32.2 Å². The van der Waals surface area contributed by atoms with Crippen LogP contribution in [-0.4, -0.2) is 30.6 Å². The van der Waals surface area contributed by atoms with Crippen molar-refractivity contribution in [3.8, 4) is 0 Å². The summed E-state index contributed by atoms with van der Waals surface area (Å²) in [5.41, 5.74) is 3.45. The van der Waals surface area contributed by atoms with E-state index in [1.165, 1.54) is 37.9 Å². The Bertz CT molecular complexity index is 441. The van der Waals surface area contributed by atoms with Crippen molar-refractivity contribution < 1.29 is 0 Å². The van der Waals surface area contributed by atoms with E-state index >= 15 is 0 Å². The molecule has 1 aliphatic rings. The molecule has 21 heavy (non-hydrogen) atoms. The fourth-order valence-corrected chi connectivity index (χ4v) is 3.51. The summed E-state index contributed by atoms with van der Waals surface area (Å²) in [5, 5.41) is 3.65. The van der Waals surface area contributed by atoms with Crippen LogP contribution < -0.4 is 5.32 Å². The number of hydrogen-bond donors (Lipinski definition) is 1. The van der Waals surface area contributed by atoms with Crippen LogP contribution in [0.2, 0.25) is 0 Å². The number of nitrogens with one attached hydrogen (secondary N) is 1. The minimum absolute atomic E-state index is 0.380. The van der Waals surface area contributed by atoms with Gasteiger partial charge in [-0.2, -0.15) is 0 Å². The molecule has 0 aromatic heterocycles. The van der Waals surface area contributed by atoms with E-state index in [2.05, 4.69) is 62.2 Å². The third kappa shape index (κ3) is 4.82. The van der Waals surface area contributed by atoms with Crippen molar-refractivity contribution in [2.45, 2.75) is 59.5 Å². The first-order valence-electron chi connectivity index (χ1n) is 8.55. The fourth-order valence-electron chi connectivity index (χ4n) is 3.51. The zero-order valence-electron chi connectivity index (χ0n) is 14.3. The quantitative estimate of drug-likeness (QED) is 0.820. The third-order valence-corrected chi connectivity index (χ3v) is 4.61. The molecule has 1 N–H and O–H groups in total. The Kier molecular flexibility index (Phi) is 5.83. The van der Waals surface area contributed by atoms with Crippen LogP contribution in [0.1, 0.15) is 51.7 Å². The summed E-state index contributed by atoms with van der Waals surface area (Å²) >= 11 is 0. The highest BCUT2D eigenvalue weighted by molar-refractivity contribution is 5.29. The molecule has 0 fully saturated rings. The van der Waals surface area contributed by atoms with E-state index in [0.717, 1.165) is 13.1 Å². The number of benzene rings is 1. The van der Waals surface area contributed by atoms with E-state index in [0.29, 0.717) is 11.5 Å². The summed E-state index contributed by atoms with van der Waals surface area (Å²) in [6.45, 7) is 13.9. The van der Waals surface area contributed by atoms with E-state index < -0.39 is 0 Å². The lowest BCUT2D eigenvalue weighted by atomic mass is 9.83. The molecule has 1 atom stereocenters. The standard InChI is InChI=1S/C19H32N2/c1-5-11-19(4,14-20-16(2)3)15-21-12-10-17-8-6-7-9-18(17)13-21/h6-9,16,20H,5,10-15H2,1-4H3. The molecule has 0 radical (unpaired) electrons. The second-order valence-electron chi connectivity index (χ2n) is 7.33. The molecule has 0 bridgehead atoms. The van der Waals surface area contributed by atoms with Crippen molar-refractivity contribution in [2.75, 3.05) is 19.6 Å². The highest BCUT2D eigenvalue weighted by Crippen LogP contribution is 2.27. The molecule has 1 aromatic rings. The van der Waals surface area contributed by atoms with Crippen molar-refractivity contribution >= 4 is 0 Å². The predicted molar refractivity (Wildman–Crippen MR) is 91.6 cm³/mol. The van der Waals surface area contributed by atoms with Gasteiger partial charge in [0.05, 0.1) is 0 Å². The number of nitrogens with zero attached hydrogens (tertiary/aromatic N) is 1. The molecular formula is C19H32N2. The molecule has 0 aliphatic carbocycles. The largest absolute Gasteiger partial charge is 0.314 e. The third-order valence-electron chi connectivity index (χ3n) is 4.61. The van der Waals surface area contributed by atoms with Gasteiger partial charge in [0.2, 0.25) is 0 Å². The molecular weight excluding hydrogens is 256 g/mol. The Morgan fingerprint density at radius 3 is 2.62 bits per heavy atom. The number of fused-ring (bicyclic) bond motifs is 1. The average Bonchev–Trinajstić information content (AvgIpc) is 2.45. The van der Waals surface area contributed by atoms with Crippen LogP contribution in [0.3, 0.4) is 0 Å². The highest BCUT2D eigenvalue weighted by atomic mass is 15.1. The second-order valence-corrected chi connectivity index (χ2v) is 7.33. The molecule has 2 nitrogen and oxygen atoms in total. The van der Waals surface area contributed by atoms with E-state index in [-0.39, 0.29) is 0 Å². The van der Waals surface area contributed by atoms with E-state index in [1.807, 2.05) is 0 Å². The molecule has 0 saturated carbocycles. The minimum Gasteiger partial charge on any atom is -0.314 e. The van der Waals surface area contributed by atoms with Crippen LogP contribution in [0.5, 0.6) is 0 Å². The van der Waals surface area contributed by atoms with Gasteiger partial charge in [0.15, 0.2) is 0 Å². The van der Waals surface area contributed by atoms with Gasteiger partial charge in [-0.1, -0.05) is 58.4 Å². The van der Waals surface area contributed by atoms with Gasteiger partial charge in [-0.15, -0.1) is 0 Å². The maximum Gasteiger partial charge on any atom is 0.0236 e. The summed E-state index contributed by atoms with van der Waals surface area (Å²) in [6.07, 6.45) is 3.77.